The number of benzene rings is 1. The molecule has 1 aliphatic heterocycles. The van der Waals surface area contributed by atoms with E-state index in [4.69, 9.17) is 4.74 Å². The number of para-hydroxylation sites is 1. The van der Waals surface area contributed by atoms with E-state index in [0.717, 1.165) is 42.5 Å². The first kappa shape index (κ1) is 16.1. The summed E-state index contributed by atoms with van der Waals surface area (Å²) >= 11 is 0. The number of ether oxygens (including phenoxy) is 1. The van der Waals surface area contributed by atoms with Gasteiger partial charge in [-0.15, -0.1) is 0 Å². The molecule has 5 heteroatoms. The van der Waals surface area contributed by atoms with Gasteiger partial charge in [0, 0.05) is 47.4 Å². The number of likely N-dealkylation sites (N-methyl/N-ethyl adjacent to an activating group) is 1. The number of nitrogens with one attached hydrogen (secondary N) is 1. The fraction of sp³-hybridized carbons (Fsp3) is 0.400. The topological polar surface area (TPSA) is 54.0 Å². The van der Waals surface area contributed by atoms with Crippen LogP contribution in [0.1, 0.15) is 28.3 Å². The average molecular weight is 336 g/mol. The van der Waals surface area contributed by atoms with Crippen molar-refractivity contribution in [1.82, 2.24) is 19.9 Å². The Morgan fingerprint density at radius 3 is 2.80 bits per heavy atom. The van der Waals surface area contributed by atoms with Crippen LogP contribution in [0.3, 0.4) is 0 Å². The quantitative estimate of drug-likeness (QED) is 0.794. The standard InChI is InChI=1S/C20H24N4O/c1-12-16-7-5-6-8-18(16)23-19(12)11-24(4)10-15-9-17-13(2)21-14(3)22-20(17)25-15/h5-8,15,23H,9-11H2,1-4H3/t15-/m0/s1. The minimum absolute atomic E-state index is 0.138. The summed E-state index contributed by atoms with van der Waals surface area (Å²) in [5.41, 5.74) is 6.00. The van der Waals surface area contributed by atoms with Crippen molar-refractivity contribution in [2.24, 2.45) is 0 Å². The first-order valence-corrected chi connectivity index (χ1v) is 8.76. The van der Waals surface area contributed by atoms with Gasteiger partial charge in [0.15, 0.2) is 0 Å². The van der Waals surface area contributed by atoms with Crippen LogP contribution in [0, 0.1) is 20.8 Å². The summed E-state index contributed by atoms with van der Waals surface area (Å²) < 4.78 is 6.06. The number of aromatic amines is 1. The van der Waals surface area contributed by atoms with Crippen molar-refractivity contribution in [1.29, 1.82) is 0 Å². The van der Waals surface area contributed by atoms with Crippen molar-refractivity contribution >= 4 is 10.9 Å². The lowest BCUT2D eigenvalue weighted by Crippen LogP contribution is -2.32. The maximum absolute atomic E-state index is 6.06. The second-order valence-electron chi connectivity index (χ2n) is 7.05. The monoisotopic (exact) mass is 336 g/mol. The molecule has 1 atom stereocenters. The Morgan fingerprint density at radius 2 is 2.00 bits per heavy atom. The zero-order valence-corrected chi connectivity index (χ0v) is 15.3. The van der Waals surface area contributed by atoms with Crippen LogP contribution in [0.5, 0.6) is 5.88 Å². The molecule has 130 valence electrons. The summed E-state index contributed by atoms with van der Waals surface area (Å²) in [6, 6.07) is 8.46. The predicted octanol–water partition coefficient (Wildman–Crippen LogP) is 3.32. The van der Waals surface area contributed by atoms with Gasteiger partial charge in [0.2, 0.25) is 5.88 Å². The Hall–Kier alpha value is -2.40. The molecule has 0 spiro atoms. The highest BCUT2D eigenvalue weighted by atomic mass is 16.5. The van der Waals surface area contributed by atoms with E-state index in [1.165, 1.54) is 22.2 Å². The molecule has 2 aromatic heterocycles. The largest absolute Gasteiger partial charge is 0.472 e. The summed E-state index contributed by atoms with van der Waals surface area (Å²) in [6.45, 7) is 7.88. The van der Waals surface area contributed by atoms with Gasteiger partial charge in [0.25, 0.3) is 0 Å². The van der Waals surface area contributed by atoms with Crippen molar-refractivity contribution in [2.45, 2.75) is 39.8 Å². The lowest BCUT2D eigenvalue weighted by molar-refractivity contribution is 0.160. The van der Waals surface area contributed by atoms with Crippen molar-refractivity contribution in [2.75, 3.05) is 13.6 Å². The summed E-state index contributed by atoms with van der Waals surface area (Å²) in [6.07, 6.45) is 1.02. The Labute approximate surface area is 148 Å². The minimum atomic E-state index is 0.138. The number of aryl methyl sites for hydroxylation is 3. The highest BCUT2D eigenvalue weighted by molar-refractivity contribution is 5.84. The highest BCUT2D eigenvalue weighted by Crippen LogP contribution is 2.29. The molecule has 1 N–H and O–H groups in total. The van der Waals surface area contributed by atoms with Crippen molar-refractivity contribution in [3.8, 4) is 5.88 Å². The first-order valence-electron chi connectivity index (χ1n) is 8.76. The fourth-order valence-electron chi connectivity index (χ4n) is 3.74. The summed E-state index contributed by atoms with van der Waals surface area (Å²) in [4.78, 5) is 14.8. The molecule has 0 radical (unpaired) electrons. The zero-order chi connectivity index (χ0) is 17.6. The van der Waals surface area contributed by atoms with Gasteiger partial charge in [-0.05, 0) is 39.4 Å². The molecule has 1 aliphatic rings. The van der Waals surface area contributed by atoms with E-state index in [-0.39, 0.29) is 6.10 Å². The van der Waals surface area contributed by atoms with Gasteiger partial charge in [0.1, 0.15) is 11.9 Å². The molecular formula is C20H24N4O. The van der Waals surface area contributed by atoms with Crippen LogP contribution in [0.2, 0.25) is 0 Å². The third kappa shape index (κ3) is 3.00. The zero-order valence-electron chi connectivity index (χ0n) is 15.3. The maximum Gasteiger partial charge on any atom is 0.220 e. The number of aromatic nitrogens is 3. The third-order valence-electron chi connectivity index (χ3n) is 5.01. The van der Waals surface area contributed by atoms with E-state index in [9.17, 15) is 0 Å². The fourth-order valence-corrected chi connectivity index (χ4v) is 3.74. The SMILES string of the molecule is Cc1nc(C)c2c(n1)O[C@H](CN(C)Cc1[nH]c3ccccc3c1C)C2. The van der Waals surface area contributed by atoms with Gasteiger partial charge >= 0.3 is 0 Å². The molecule has 3 heterocycles. The van der Waals surface area contributed by atoms with E-state index in [1.807, 2.05) is 13.8 Å². The molecule has 25 heavy (non-hydrogen) atoms. The van der Waals surface area contributed by atoms with E-state index in [2.05, 4.69) is 58.1 Å². The summed E-state index contributed by atoms with van der Waals surface area (Å²) in [5.74, 6) is 1.55. The molecule has 0 unspecified atom stereocenters. The maximum atomic E-state index is 6.06. The lowest BCUT2D eigenvalue weighted by Gasteiger charge is -2.20. The second-order valence-corrected chi connectivity index (χ2v) is 7.05. The number of rotatable bonds is 4. The van der Waals surface area contributed by atoms with E-state index >= 15 is 0 Å². The number of fused-ring (bicyclic) bond motifs is 2. The van der Waals surface area contributed by atoms with Gasteiger partial charge in [-0.2, -0.15) is 4.98 Å². The summed E-state index contributed by atoms with van der Waals surface area (Å²) in [7, 11) is 2.14. The normalized spacial score (nSPS) is 16.4. The van der Waals surface area contributed by atoms with Gasteiger partial charge < -0.3 is 9.72 Å². The molecule has 0 bridgehead atoms. The van der Waals surface area contributed by atoms with Crippen LogP contribution in [-0.2, 0) is 13.0 Å². The lowest BCUT2D eigenvalue weighted by atomic mass is 10.1. The van der Waals surface area contributed by atoms with Crippen LogP contribution in [0.4, 0.5) is 0 Å². The van der Waals surface area contributed by atoms with Crippen LogP contribution in [0.25, 0.3) is 10.9 Å². The van der Waals surface area contributed by atoms with Crippen molar-refractivity contribution in [3.05, 3.63) is 52.6 Å². The average Bonchev–Trinajstić information content (AvgIpc) is 3.09. The smallest absolute Gasteiger partial charge is 0.220 e. The Bertz CT molecular complexity index is 931. The number of hydrogen-bond acceptors (Lipinski definition) is 4. The van der Waals surface area contributed by atoms with Crippen LogP contribution < -0.4 is 4.74 Å². The molecular weight excluding hydrogens is 312 g/mol. The molecule has 0 amide bonds. The van der Waals surface area contributed by atoms with E-state index in [1.54, 1.807) is 0 Å². The van der Waals surface area contributed by atoms with Crippen LogP contribution in [-0.4, -0.2) is 39.5 Å². The number of hydrogen-bond donors (Lipinski definition) is 1. The van der Waals surface area contributed by atoms with Gasteiger partial charge in [-0.1, -0.05) is 18.2 Å². The molecule has 0 aliphatic carbocycles. The van der Waals surface area contributed by atoms with Crippen LogP contribution in [0.15, 0.2) is 24.3 Å². The Morgan fingerprint density at radius 1 is 1.20 bits per heavy atom. The van der Waals surface area contributed by atoms with Crippen LogP contribution >= 0.6 is 0 Å². The first-order chi connectivity index (χ1) is 12.0. The molecule has 1 aromatic carbocycles. The predicted molar refractivity (Wildman–Crippen MR) is 99.0 cm³/mol. The van der Waals surface area contributed by atoms with Crippen molar-refractivity contribution < 1.29 is 4.74 Å². The molecule has 4 rings (SSSR count). The number of H-pyrrole nitrogens is 1. The second kappa shape index (κ2) is 6.15. The van der Waals surface area contributed by atoms with Gasteiger partial charge in [0.05, 0.1) is 0 Å². The van der Waals surface area contributed by atoms with Crippen molar-refractivity contribution in [3.63, 3.8) is 0 Å². The molecule has 3 aromatic rings. The van der Waals surface area contributed by atoms with Gasteiger partial charge in [-0.3, -0.25) is 4.90 Å². The summed E-state index contributed by atoms with van der Waals surface area (Å²) in [5, 5.41) is 1.30. The molecule has 5 nitrogen and oxygen atoms in total. The highest BCUT2D eigenvalue weighted by Gasteiger charge is 2.28. The number of nitrogens with zero attached hydrogens (tertiary/aromatic N) is 3. The Balaban J connectivity index is 1.45. The minimum Gasteiger partial charge on any atom is -0.472 e. The van der Waals surface area contributed by atoms with E-state index < -0.39 is 0 Å². The third-order valence-corrected chi connectivity index (χ3v) is 5.01. The molecule has 0 saturated carbocycles. The Kier molecular flexibility index (Phi) is 3.96. The van der Waals surface area contributed by atoms with Gasteiger partial charge in [-0.25, -0.2) is 4.98 Å². The molecule has 0 saturated heterocycles. The molecule has 0 fully saturated rings. The van der Waals surface area contributed by atoms with E-state index in [0.29, 0.717) is 0 Å².